The molecule has 1 saturated heterocycles. The molecule has 2 aliphatic heterocycles. The minimum Gasteiger partial charge on any atom is -0.454 e. The molecule has 9 nitrogen and oxygen atoms in total. The molecule has 154 valence electrons. The number of benzene rings is 1. The zero-order valence-electron chi connectivity index (χ0n) is 15.7. The molecule has 0 spiro atoms. The van der Waals surface area contributed by atoms with Crippen LogP contribution >= 0.6 is 23.1 Å². The summed E-state index contributed by atoms with van der Waals surface area (Å²) in [6, 6.07) is 3.20. The van der Waals surface area contributed by atoms with Crippen molar-refractivity contribution in [2.45, 2.75) is 30.2 Å². The first kappa shape index (κ1) is 19.9. The van der Waals surface area contributed by atoms with E-state index in [-0.39, 0.29) is 30.3 Å². The topological polar surface area (TPSA) is 112 Å². The van der Waals surface area contributed by atoms with E-state index in [0.717, 1.165) is 19.4 Å². The first-order valence-corrected chi connectivity index (χ1v) is 10.9. The highest BCUT2D eigenvalue weighted by atomic mass is 32.2. The van der Waals surface area contributed by atoms with Gasteiger partial charge in [-0.1, -0.05) is 23.1 Å². The third-order valence-electron chi connectivity index (χ3n) is 4.40. The predicted octanol–water partition coefficient (Wildman–Crippen LogP) is 2.79. The lowest BCUT2D eigenvalue weighted by Crippen LogP contribution is -2.18. The zero-order valence-corrected chi connectivity index (χ0v) is 17.4. The van der Waals surface area contributed by atoms with Gasteiger partial charge >= 0.3 is 0 Å². The van der Waals surface area contributed by atoms with Gasteiger partial charge in [0.1, 0.15) is 0 Å². The van der Waals surface area contributed by atoms with E-state index in [1.165, 1.54) is 30.0 Å². The van der Waals surface area contributed by atoms with Crippen molar-refractivity contribution in [1.82, 2.24) is 10.2 Å². The van der Waals surface area contributed by atoms with Crippen molar-refractivity contribution in [3.8, 4) is 11.5 Å². The van der Waals surface area contributed by atoms with Crippen LogP contribution in [0.3, 0.4) is 0 Å². The molecule has 0 saturated carbocycles. The Balaban J connectivity index is 1.31. The van der Waals surface area contributed by atoms with E-state index in [2.05, 4.69) is 20.8 Å². The number of ether oxygens (including phenoxy) is 3. The summed E-state index contributed by atoms with van der Waals surface area (Å²) >= 11 is 2.68. The Morgan fingerprint density at radius 1 is 1.28 bits per heavy atom. The van der Waals surface area contributed by atoms with Crippen LogP contribution in [0.25, 0.3) is 0 Å². The Morgan fingerprint density at radius 3 is 2.86 bits per heavy atom. The molecule has 2 aliphatic rings. The Labute approximate surface area is 175 Å². The number of nitrogens with zero attached hydrogens (tertiary/aromatic N) is 2. The van der Waals surface area contributed by atoms with Gasteiger partial charge in [-0.15, -0.1) is 10.2 Å². The number of fused-ring (bicyclic) bond motifs is 1. The smallest absolute Gasteiger partial charge is 0.234 e. The number of carbonyl (C=O) groups excluding carboxylic acids is 2. The summed E-state index contributed by atoms with van der Waals surface area (Å²) in [6.07, 6.45) is 2.36. The van der Waals surface area contributed by atoms with E-state index in [0.29, 0.717) is 38.8 Å². The van der Waals surface area contributed by atoms with Crippen LogP contribution in [-0.2, 0) is 9.53 Å². The monoisotopic (exact) mass is 436 g/mol. The maximum Gasteiger partial charge on any atom is 0.234 e. The number of nitrogens with one attached hydrogen (secondary N) is 2. The highest BCUT2D eigenvalue weighted by Gasteiger charge is 2.21. The summed E-state index contributed by atoms with van der Waals surface area (Å²) in [4.78, 5) is 24.3. The summed E-state index contributed by atoms with van der Waals surface area (Å²) in [7, 11) is 0. The van der Waals surface area contributed by atoms with Gasteiger partial charge in [-0.05, 0) is 25.8 Å². The Morgan fingerprint density at radius 2 is 2.10 bits per heavy atom. The molecule has 29 heavy (non-hydrogen) atoms. The summed E-state index contributed by atoms with van der Waals surface area (Å²) in [6.45, 7) is 3.06. The normalized spacial score (nSPS) is 17.3. The molecule has 0 aliphatic carbocycles. The van der Waals surface area contributed by atoms with E-state index < -0.39 is 0 Å². The van der Waals surface area contributed by atoms with Crippen LogP contribution in [0.5, 0.6) is 11.5 Å². The molecular weight excluding hydrogens is 416 g/mol. The Kier molecular flexibility index (Phi) is 6.16. The Bertz CT molecular complexity index is 914. The SMILES string of the molecule is CC(=O)c1cc2c(cc1NC(=O)CSc1nnc(NC[C@@H]3CCCO3)s1)OCO2. The molecule has 11 heteroatoms. The maximum atomic E-state index is 12.4. The van der Waals surface area contributed by atoms with E-state index >= 15 is 0 Å². The quantitative estimate of drug-likeness (QED) is 0.476. The van der Waals surface area contributed by atoms with Gasteiger partial charge in [0.2, 0.25) is 17.8 Å². The van der Waals surface area contributed by atoms with Crippen molar-refractivity contribution in [1.29, 1.82) is 0 Å². The van der Waals surface area contributed by atoms with Crippen LogP contribution in [-0.4, -0.2) is 53.7 Å². The molecule has 1 amide bonds. The number of rotatable bonds is 8. The molecule has 0 unspecified atom stereocenters. The van der Waals surface area contributed by atoms with Gasteiger partial charge < -0.3 is 24.8 Å². The molecule has 1 aromatic heterocycles. The van der Waals surface area contributed by atoms with Crippen molar-refractivity contribution < 1.29 is 23.8 Å². The molecule has 4 rings (SSSR count). The van der Waals surface area contributed by atoms with Crippen molar-refractivity contribution in [3.05, 3.63) is 17.7 Å². The van der Waals surface area contributed by atoms with E-state index in [4.69, 9.17) is 14.2 Å². The molecule has 2 aromatic rings. The van der Waals surface area contributed by atoms with E-state index in [9.17, 15) is 9.59 Å². The Hall–Kier alpha value is -2.37. The molecule has 0 bridgehead atoms. The van der Waals surface area contributed by atoms with Gasteiger partial charge in [-0.3, -0.25) is 9.59 Å². The minimum absolute atomic E-state index is 0.0974. The second-order valence-corrected chi connectivity index (χ2v) is 8.73. The first-order chi connectivity index (χ1) is 14.1. The van der Waals surface area contributed by atoms with Crippen LogP contribution in [0.1, 0.15) is 30.1 Å². The van der Waals surface area contributed by atoms with Crippen molar-refractivity contribution >= 4 is 45.6 Å². The average Bonchev–Trinajstić information content (AvgIpc) is 3.45. The third kappa shape index (κ3) is 4.98. The molecule has 1 atom stereocenters. The second-order valence-electron chi connectivity index (χ2n) is 6.53. The number of carbonyl (C=O) groups is 2. The molecule has 3 heterocycles. The number of amides is 1. The number of anilines is 2. The fourth-order valence-corrected chi connectivity index (χ4v) is 4.56. The van der Waals surface area contributed by atoms with Crippen molar-refractivity contribution in [2.75, 3.05) is 36.3 Å². The van der Waals surface area contributed by atoms with Crippen LogP contribution in [0, 0.1) is 0 Å². The highest BCUT2D eigenvalue weighted by molar-refractivity contribution is 8.01. The zero-order chi connectivity index (χ0) is 20.2. The van der Waals surface area contributed by atoms with Gasteiger partial charge in [-0.25, -0.2) is 0 Å². The summed E-state index contributed by atoms with van der Waals surface area (Å²) in [5.74, 6) is 0.730. The number of aromatic nitrogens is 2. The summed E-state index contributed by atoms with van der Waals surface area (Å²) < 4.78 is 16.9. The largest absolute Gasteiger partial charge is 0.454 e. The summed E-state index contributed by atoms with van der Waals surface area (Å²) in [5, 5.41) is 14.9. The number of hydrogen-bond donors (Lipinski definition) is 2. The lowest BCUT2D eigenvalue weighted by molar-refractivity contribution is -0.113. The van der Waals surface area contributed by atoms with Crippen molar-refractivity contribution in [3.63, 3.8) is 0 Å². The second kappa shape index (κ2) is 8.97. The van der Waals surface area contributed by atoms with Gasteiger partial charge in [0.25, 0.3) is 0 Å². The average molecular weight is 437 g/mol. The summed E-state index contributed by atoms with van der Waals surface area (Å²) in [5.41, 5.74) is 0.785. The van der Waals surface area contributed by atoms with Crippen LogP contribution < -0.4 is 20.1 Å². The number of hydrogen-bond acceptors (Lipinski definition) is 10. The van der Waals surface area contributed by atoms with Gasteiger partial charge in [0.15, 0.2) is 21.6 Å². The number of Topliss-reactive ketones (excluding diaryl/α,β-unsaturated/α-hetero) is 1. The number of ketones is 1. The predicted molar refractivity (Wildman–Crippen MR) is 109 cm³/mol. The third-order valence-corrected chi connectivity index (χ3v) is 6.42. The van der Waals surface area contributed by atoms with Gasteiger partial charge in [-0.2, -0.15) is 0 Å². The maximum absolute atomic E-state index is 12.4. The molecular formula is C18H20N4O5S2. The highest BCUT2D eigenvalue weighted by Crippen LogP contribution is 2.37. The molecule has 1 aromatic carbocycles. The molecule has 0 radical (unpaired) electrons. The first-order valence-electron chi connectivity index (χ1n) is 9.14. The van der Waals surface area contributed by atoms with Crippen LogP contribution in [0.4, 0.5) is 10.8 Å². The van der Waals surface area contributed by atoms with Crippen molar-refractivity contribution in [2.24, 2.45) is 0 Å². The molecule has 2 N–H and O–H groups in total. The van der Waals surface area contributed by atoms with Crippen LogP contribution in [0.2, 0.25) is 0 Å². The van der Waals surface area contributed by atoms with Gasteiger partial charge in [0, 0.05) is 24.8 Å². The standard InChI is InChI=1S/C18H20N4O5S2/c1-10(23)12-5-14-15(27-9-26-14)6-13(12)20-16(24)8-28-18-22-21-17(29-18)19-7-11-3-2-4-25-11/h5-6,11H,2-4,7-9H2,1H3,(H,19,21)(H,20,24)/t11-/m0/s1. The lowest BCUT2D eigenvalue weighted by Gasteiger charge is -2.10. The lowest BCUT2D eigenvalue weighted by atomic mass is 10.1. The minimum atomic E-state index is -0.250. The fourth-order valence-electron chi connectivity index (χ4n) is 3.00. The van der Waals surface area contributed by atoms with E-state index in [1.54, 1.807) is 12.1 Å². The number of thioether (sulfide) groups is 1. The fraction of sp³-hybridized carbons (Fsp3) is 0.444. The van der Waals surface area contributed by atoms with E-state index in [1.807, 2.05) is 0 Å². The van der Waals surface area contributed by atoms with Gasteiger partial charge in [0.05, 0.1) is 17.5 Å². The van der Waals surface area contributed by atoms with Crippen LogP contribution in [0.15, 0.2) is 16.5 Å². The molecule has 1 fully saturated rings.